The molecule has 0 bridgehead atoms. The smallest absolute Gasteiger partial charge is 0.185 e. The van der Waals surface area contributed by atoms with Gasteiger partial charge in [-0.05, 0) is 25.7 Å². The number of aliphatic imine (C=N–C) groups is 1. The first-order valence-electron chi connectivity index (χ1n) is 6.42. The molecule has 5 heteroatoms. The number of aromatic nitrogens is 2. The lowest BCUT2D eigenvalue weighted by Crippen LogP contribution is -2.17. The Morgan fingerprint density at radius 1 is 1.44 bits per heavy atom. The third-order valence-corrected chi connectivity index (χ3v) is 2.73. The van der Waals surface area contributed by atoms with Gasteiger partial charge in [-0.15, -0.1) is 0 Å². The van der Waals surface area contributed by atoms with Gasteiger partial charge in [0.15, 0.2) is 11.5 Å². The molecule has 0 fully saturated rings. The van der Waals surface area contributed by atoms with Gasteiger partial charge in [-0.25, -0.2) is 9.98 Å². The lowest BCUT2D eigenvalue weighted by Gasteiger charge is -2.10. The van der Waals surface area contributed by atoms with Gasteiger partial charge in [0, 0.05) is 6.54 Å². The van der Waals surface area contributed by atoms with Gasteiger partial charge in [0.25, 0.3) is 0 Å². The van der Waals surface area contributed by atoms with Crippen molar-refractivity contribution in [2.75, 3.05) is 0 Å². The van der Waals surface area contributed by atoms with Crippen molar-refractivity contribution in [1.29, 1.82) is 5.26 Å². The van der Waals surface area contributed by atoms with Crippen LogP contribution in [0.2, 0.25) is 0 Å². The average Bonchev–Trinajstić information content (AvgIpc) is 2.76. The van der Waals surface area contributed by atoms with E-state index in [1.54, 1.807) is 10.9 Å². The zero-order valence-corrected chi connectivity index (χ0v) is 11.0. The highest BCUT2D eigenvalue weighted by Gasteiger charge is 2.07. The first-order valence-corrected chi connectivity index (χ1v) is 6.42. The zero-order valence-electron chi connectivity index (χ0n) is 11.0. The minimum Gasteiger partial charge on any atom is -0.862 e. The summed E-state index contributed by atoms with van der Waals surface area (Å²) in [5.74, 6) is 0.221. The number of nitriles is 1. The fraction of sp³-hybridized carbons (Fsp3) is 0.615. The van der Waals surface area contributed by atoms with E-state index in [0.29, 0.717) is 18.8 Å². The highest BCUT2D eigenvalue weighted by Crippen LogP contribution is 2.17. The molecule has 0 aliphatic rings. The fourth-order valence-corrected chi connectivity index (χ4v) is 1.68. The maximum absolute atomic E-state index is 11.7. The fourth-order valence-electron chi connectivity index (χ4n) is 1.68. The van der Waals surface area contributed by atoms with Crippen LogP contribution in [-0.4, -0.2) is 15.4 Å². The van der Waals surface area contributed by atoms with E-state index < -0.39 is 0 Å². The monoisotopic (exact) mass is 247 g/mol. The van der Waals surface area contributed by atoms with Crippen LogP contribution in [0.4, 0.5) is 5.82 Å². The molecule has 0 aliphatic carbocycles. The molecule has 0 unspecified atom stereocenters. The van der Waals surface area contributed by atoms with Crippen LogP contribution in [0, 0.1) is 11.3 Å². The second kappa shape index (κ2) is 7.49. The van der Waals surface area contributed by atoms with E-state index in [9.17, 15) is 5.11 Å². The third kappa shape index (κ3) is 3.88. The molecule has 18 heavy (non-hydrogen) atoms. The molecule has 5 nitrogen and oxygen atoms in total. The van der Waals surface area contributed by atoms with E-state index >= 15 is 0 Å². The maximum Gasteiger partial charge on any atom is 0.185 e. The molecule has 98 valence electrons. The second-order valence-electron chi connectivity index (χ2n) is 4.13. The number of aryl methyl sites for hydroxylation is 1. The number of hydrogen-bond donors (Lipinski definition) is 0. The van der Waals surface area contributed by atoms with Crippen LogP contribution in [0.25, 0.3) is 0 Å². The first kappa shape index (κ1) is 14.2. The maximum atomic E-state index is 11.7. The highest BCUT2D eigenvalue weighted by molar-refractivity contribution is 5.75. The van der Waals surface area contributed by atoms with Crippen molar-refractivity contribution in [3.05, 3.63) is 12.0 Å². The molecule has 0 saturated heterocycles. The van der Waals surface area contributed by atoms with Gasteiger partial charge in [-0.1, -0.05) is 26.2 Å². The summed E-state index contributed by atoms with van der Waals surface area (Å²) < 4.78 is 1.71. The van der Waals surface area contributed by atoms with E-state index in [1.807, 2.05) is 13.0 Å². The Morgan fingerprint density at radius 2 is 2.22 bits per heavy atom. The van der Waals surface area contributed by atoms with Crippen molar-refractivity contribution in [3.8, 4) is 6.07 Å². The molecule has 0 aromatic carbocycles. The molecule has 0 spiro atoms. The summed E-state index contributed by atoms with van der Waals surface area (Å²) in [6, 6.07) is 1.95. The molecule has 0 amide bonds. The van der Waals surface area contributed by atoms with Crippen LogP contribution < -0.4 is 5.11 Å². The lowest BCUT2D eigenvalue weighted by molar-refractivity contribution is -0.218. The summed E-state index contributed by atoms with van der Waals surface area (Å²) in [6.45, 7) is 4.70. The number of unbranched alkanes of at least 4 members (excludes halogenated alkanes) is 3. The molecule has 0 saturated carbocycles. The molecule has 1 aromatic heterocycles. The minimum absolute atomic E-state index is 0.169. The molecule has 1 aromatic rings. The van der Waals surface area contributed by atoms with Crippen LogP contribution in [0.15, 0.2) is 11.3 Å². The number of hydrogen-bond acceptors (Lipinski definition) is 4. The molecular formula is C13H19N4O-. The summed E-state index contributed by atoms with van der Waals surface area (Å²) in [7, 11) is 0. The number of nitrogens with zero attached hydrogens (tertiary/aromatic N) is 4. The van der Waals surface area contributed by atoms with E-state index in [-0.39, 0.29) is 11.6 Å². The number of imidazole rings is 1. The molecule has 1 rings (SSSR count). The standard InChI is InChI=1S/C13H20N4O/c1-3-5-6-7-8-12(18)16-13-11(9-14)15-10-17(13)4-2/h10H,3-8H2,1-2H3,(H,16,18)/p-1. The summed E-state index contributed by atoms with van der Waals surface area (Å²) >= 11 is 0. The van der Waals surface area contributed by atoms with Crippen LogP contribution in [0.3, 0.4) is 0 Å². The number of rotatable bonds is 7. The topological polar surface area (TPSA) is 77.0 Å². The summed E-state index contributed by atoms with van der Waals surface area (Å²) in [5.41, 5.74) is 0.221. The molecule has 0 N–H and O–H groups in total. The minimum atomic E-state index is -0.169. The third-order valence-electron chi connectivity index (χ3n) is 2.73. The Bertz CT molecular complexity index is 442. The predicted octanol–water partition coefficient (Wildman–Crippen LogP) is 2.14. The molecule has 0 atom stereocenters. The Balaban J connectivity index is 2.69. The van der Waals surface area contributed by atoms with Crippen LogP contribution in [0.5, 0.6) is 0 Å². The lowest BCUT2D eigenvalue weighted by atomic mass is 10.1. The summed E-state index contributed by atoms with van der Waals surface area (Å²) in [4.78, 5) is 7.92. The van der Waals surface area contributed by atoms with Crippen molar-refractivity contribution < 1.29 is 5.11 Å². The van der Waals surface area contributed by atoms with Gasteiger partial charge in [0.1, 0.15) is 6.07 Å². The van der Waals surface area contributed by atoms with Gasteiger partial charge in [0.2, 0.25) is 0 Å². The summed E-state index contributed by atoms with van der Waals surface area (Å²) in [5, 5.41) is 20.6. The first-order chi connectivity index (χ1) is 8.72. The van der Waals surface area contributed by atoms with Crippen molar-refractivity contribution in [3.63, 3.8) is 0 Å². The normalized spacial score (nSPS) is 11.5. The molecule has 1 heterocycles. The Hall–Kier alpha value is -1.83. The Labute approximate surface area is 108 Å². The van der Waals surface area contributed by atoms with Gasteiger partial charge < -0.3 is 9.67 Å². The summed E-state index contributed by atoms with van der Waals surface area (Å²) in [6.07, 6.45) is 6.19. The Kier molecular flexibility index (Phi) is 5.92. The second-order valence-corrected chi connectivity index (χ2v) is 4.13. The van der Waals surface area contributed by atoms with Gasteiger partial charge in [0.05, 0.1) is 6.33 Å². The molecule has 0 aliphatic heterocycles. The van der Waals surface area contributed by atoms with Crippen LogP contribution >= 0.6 is 0 Å². The zero-order chi connectivity index (χ0) is 13.4. The Morgan fingerprint density at radius 3 is 2.83 bits per heavy atom. The average molecular weight is 247 g/mol. The molecular weight excluding hydrogens is 228 g/mol. The van der Waals surface area contributed by atoms with Crippen molar-refractivity contribution >= 4 is 11.7 Å². The van der Waals surface area contributed by atoms with Gasteiger partial charge in [-0.2, -0.15) is 5.26 Å². The van der Waals surface area contributed by atoms with Crippen LogP contribution in [0.1, 0.15) is 51.6 Å². The molecule has 0 radical (unpaired) electrons. The van der Waals surface area contributed by atoms with Crippen LogP contribution in [-0.2, 0) is 6.54 Å². The van der Waals surface area contributed by atoms with E-state index in [2.05, 4.69) is 16.9 Å². The van der Waals surface area contributed by atoms with E-state index in [4.69, 9.17) is 5.26 Å². The van der Waals surface area contributed by atoms with Gasteiger partial charge in [-0.3, -0.25) is 0 Å². The SMILES string of the molecule is CCCCCC/C([O-])=N\c1c(C#N)ncn1CC. The van der Waals surface area contributed by atoms with E-state index in [1.165, 1.54) is 0 Å². The van der Waals surface area contributed by atoms with Crippen molar-refractivity contribution in [2.24, 2.45) is 4.99 Å². The quantitative estimate of drug-likeness (QED) is 0.420. The largest absolute Gasteiger partial charge is 0.862 e. The van der Waals surface area contributed by atoms with E-state index in [0.717, 1.165) is 25.7 Å². The van der Waals surface area contributed by atoms with Gasteiger partial charge >= 0.3 is 0 Å². The van der Waals surface area contributed by atoms with Crippen molar-refractivity contribution in [1.82, 2.24) is 9.55 Å². The highest BCUT2D eigenvalue weighted by atomic mass is 16.3. The van der Waals surface area contributed by atoms with Crippen molar-refractivity contribution in [2.45, 2.75) is 52.5 Å². The predicted molar refractivity (Wildman–Crippen MR) is 68.5 cm³/mol.